The van der Waals surface area contributed by atoms with E-state index in [2.05, 4.69) is 15.1 Å². The van der Waals surface area contributed by atoms with Gasteiger partial charge in [0.05, 0.1) is 11.9 Å². The Kier molecular flexibility index (Phi) is 3.35. The zero-order valence-corrected chi connectivity index (χ0v) is 10.8. The van der Waals surface area contributed by atoms with Crippen LogP contribution in [-0.4, -0.2) is 26.9 Å². The molecule has 0 spiro atoms. The Morgan fingerprint density at radius 1 is 1.53 bits per heavy atom. The molecule has 0 aromatic carbocycles. The molecule has 0 fully saturated rings. The molecule has 0 saturated carbocycles. The lowest BCUT2D eigenvalue weighted by Gasteiger charge is -2.10. The number of H-pyrrole nitrogens is 1. The van der Waals surface area contributed by atoms with Crippen LogP contribution < -0.4 is 0 Å². The Labute approximate surface area is 104 Å². The normalized spacial score (nSPS) is 12.6. The van der Waals surface area contributed by atoms with Crippen molar-refractivity contribution in [3.63, 3.8) is 0 Å². The number of nitrogens with one attached hydrogen (secondary N) is 1. The van der Waals surface area contributed by atoms with E-state index < -0.39 is 0 Å². The highest BCUT2D eigenvalue weighted by atomic mass is 32.1. The Hall–Kier alpha value is -1.53. The maximum absolute atomic E-state index is 5.23. The van der Waals surface area contributed by atoms with Gasteiger partial charge in [0.25, 0.3) is 0 Å². The Morgan fingerprint density at radius 3 is 2.88 bits per heavy atom. The largest absolute Gasteiger partial charge is 0.374 e. The number of aromatic nitrogens is 4. The molecule has 2 aromatic rings. The van der Waals surface area contributed by atoms with Gasteiger partial charge in [-0.05, 0) is 13.0 Å². The van der Waals surface area contributed by atoms with Crippen LogP contribution in [0.1, 0.15) is 18.9 Å². The summed E-state index contributed by atoms with van der Waals surface area (Å²) in [6.07, 6.45) is 3.58. The molecule has 0 radical (unpaired) electrons. The zero-order valence-electron chi connectivity index (χ0n) is 9.97. The number of aryl methyl sites for hydroxylation is 1. The van der Waals surface area contributed by atoms with Crippen LogP contribution in [0.2, 0.25) is 0 Å². The molecule has 90 valence electrons. The van der Waals surface area contributed by atoms with Crippen LogP contribution in [0.25, 0.3) is 11.3 Å². The van der Waals surface area contributed by atoms with E-state index in [0.717, 1.165) is 17.1 Å². The summed E-state index contributed by atoms with van der Waals surface area (Å²) in [5.41, 5.74) is 1.88. The average molecular weight is 250 g/mol. The lowest BCUT2D eigenvalue weighted by Crippen LogP contribution is -2.03. The fourth-order valence-electron chi connectivity index (χ4n) is 1.50. The number of methoxy groups -OCH3 is 1. The van der Waals surface area contributed by atoms with E-state index in [1.54, 1.807) is 18.0 Å². The highest BCUT2D eigenvalue weighted by Gasteiger charge is 2.09. The second-order valence-electron chi connectivity index (χ2n) is 3.80. The van der Waals surface area contributed by atoms with Crippen molar-refractivity contribution in [3.8, 4) is 11.3 Å². The fraction of sp³-hybridized carbons (Fsp3) is 0.364. The summed E-state index contributed by atoms with van der Waals surface area (Å²) in [5.74, 6) is 0.721. The lowest BCUT2D eigenvalue weighted by molar-refractivity contribution is 0.112. The molecule has 6 heteroatoms. The van der Waals surface area contributed by atoms with Gasteiger partial charge in [-0.1, -0.05) is 12.2 Å². The minimum atomic E-state index is -0.117. The number of ether oxygens (including phenoxy) is 1. The van der Waals surface area contributed by atoms with E-state index in [4.69, 9.17) is 17.0 Å². The van der Waals surface area contributed by atoms with Crippen LogP contribution in [0.3, 0.4) is 0 Å². The number of rotatable bonds is 3. The van der Waals surface area contributed by atoms with E-state index in [-0.39, 0.29) is 6.10 Å². The number of hydrogen-bond donors (Lipinski definition) is 1. The van der Waals surface area contributed by atoms with Gasteiger partial charge in [-0.3, -0.25) is 4.68 Å². The van der Waals surface area contributed by atoms with Gasteiger partial charge >= 0.3 is 0 Å². The van der Waals surface area contributed by atoms with Gasteiger partial charge < -0.3 is 9.72 Å². The van der Waals surface area contributed by atoms with Crippen molar-refractivity contribution in [2.45, 2.75) is 13.0 Å². The van der Waals surface area contributed by atoms with E-state index in [1.807, 2.05) is 26.2 Å². The van der Waals surface area contributed by atoms with Crippen LogP contribution in [0, 0.1) is 4.64 Å². The summed E-state index contributed by atoms with van der Waals surface area (Å²) in [7, 11) is 3.51. The molecule has 1 atom stereocenters. The topological polar surface area (TPSA) is 55.7 Å². The van der Waals surface area contributed by atoms with Crippen molar-refractivity contribution in [2.24, 2.45) is 7.05 Å². The predicted octanol–water partition coefficient (Wildman–Crippen LogP) is 2.25. The predicted molar refractivity (Wildman–Crippen MR) is 67.0 cm³/mol. The third-order valence-corrected chi connectivity index (χ3v) is 2.72. The van der Waals surface area contributed by atoms with Crippen molar-refractivity contribution in [1.82, 2.24) is 19.7 Å². The molecule has 0 saturated heterocycles. The van der Waals surface area contributed by atoms with Gasteiger partial charge in [0.15, 0.2) is 0 Å². The maximum Gasteiger partial charge on any atom is 0.137 e. The summed E-state index contributed by atoms with van der Waals surface area (Å²) in [6, 6.07) is 1.82. The summed E-state index contributed by atoms with van der Waals surface area (Å²) in [5, 5.41) is 4.13. The van der Waals surface area contributed by atoms with Crippen LogP contribution in [0.5, 0.6) is 0 Å². The molecule has 1 unspecified atom stereocenters. The monoisotopic (exact) mass is 250 g/mol. The maximum atomic E-state index is 5.23. The van der Waals surface area contributed by atoms with E-state index in [9.17, 15) is 0 Å². The van der Waals surface area contributed by atoms with E-state index >= 15 is 0 Å². The molecule has 2 heterocycles. The lowest BCUT2D eigenvalue weighted by atomic mass is 10.2. The first-order valence-electron chi connectivity index (χ1n) is 5.23. The van der Waals surface area contributed by atoms with E-state index in [1.165, 1.54) is 0 Å². The first-order chi connectivity index (χ1) is 8.10. The summed E-state index contributed by atoms with van der Waals surface area (Å²) < 4.78 is 7.51. The minimum absolute atomic E-state index is 0.117. The molecule has 17 heavy (non-hydrogen) atoms. The Bertz CT molecular complexity index is 575. The smallest absolute Gasteiger partial charge is 0.137 e. The van der Waals surface area contributed by atoms with Crippen molar-refractivity contribution in [1.29, 1.82) is 0 Å². The van der Waals surface area contributed by atoms with Gasteiger partial charge in [-0.25, -0.2) is 4.98 Å². The molecular formula is C11H14N4OS. The number of hydrogen-bond acceptors (Lipinski definition) is 4. The van der Waals surface area contributed by atoms with Gasteiger partial charge in [-0.15, -0.1) is 0 Å². The highest BCUT2D eigenvalue weighted by molar-refractivity contribution is 7.71. The first-order valence-corrected chi connectivity index (χ1v) is 5.64. The molecular weight excluding hydrogens is 236 g/mol. The SMILES string of the molecule is COC(C)c1nc(=S)cc(-c2cnn(C)c2)[nH]1. The van der Waals surface area contributed by atoms with Crippen molar-refractivity contribution >= 4 is 12.2 Å². The number of aromatic amines is 1. The van der Waals surface area contributed by atoms with E-state index in [0.29, 0.717) is 4.64 Å². The molecule has 0 bridgehead atoms. The van der Waals surface area contributed by atoms with Crippen LogP contribution in [-0.2, 0) is 11.8 Å². The number of nitrogens with zero attached hydrogens (tertiary/aromatic N) is 3. The molecule has 0 aliphatic carbocycles. The highest BCUT2D eigenvalue weighted by Crippen LogP contribution is 2.18. The average Bonchev–Trinajstić information content (AvgIpc) is 2.74. The molecule has 1 N–H and O–H groups in total. The third-order valence-electron chi connectivity index (χ3n) is 2.52. The van der Waals surface area contributed by atoms with Crippen molar-refractivity contribution in [3.05, 3.63) is 28.9 Å². The van der Waals surface area contributed by atoms with Crippen molar-refractivity contribution < 1.29 is 4.74 Å². The molecule has 2 rings (SSSR count). The third kappa shape index (κ3) is 2.59. The van der Waals surface area contributed by atoms with Gasteiger partial charge in [0.2, 0.25) is 0 Å². The van der Waals surface area contributed by atoms with Crippen LogP contribution in [0.15, 0.2) is 18.5 Å². The van der Waals surface area contributed by atoms with Gasteiger partial charge in [-0.2, -0.15) is 5.10 Å². The van der Waals surface area contributed by atoms with Crippen LogP contribution in [0.4, 0.5) is 0 Å². The molecule has 5 nitrogen and oxygen atoms in total. The fourth-order valence-corrected chi connectivity index (χ4v) is 1.71. The zero-order chi connectivity index (χ0) is 12.4. The quantitative estimate of drug-likeness (QED) is 0.849. The molecule has 0 aliphatic heterocycles. The minimum Gasteiger partial charge on any atom is -0.374 e. The summed E-state index contributed by atoms with van der Waals surface area (Å²) in [6.45, 7) is 1.92. The second-order valence-corrected chi connectivity index (χ2v) is 4.22. The second kappa shape index (κ2) is 4.77. The summed E-state index contributed by atoms with van der Waals surface area (Å²) >= 11 is 5.15. The molecule has 2 aromatic heterocycles. The van der Waals surface area contributed by atoms with Crippen LogP contribution >= 0.6 is 12.2 Å². The van der Waals surface area contributed by atoms with Gasteiger partial charge in [0.1, 0.15) is 16.6 Å². The standard InChI is InChI=1S/C11H14N4OS/c1-7(16-3)11-13-9(4-10(17)14-11)8-5-12-15(2)6-8/h4-7H,1-3H3,(H,13,14,17). The Balaban J connectivity index is 2.48. The first kappa shape index (κ1) is 11.9. The summed E-state index contributed by atoms with van der Waals surface area (Å²) in [4.78, 5) is 7.45. The molecule has 0 amide bonds. The van der Waals surface area contributed by atoms with Gasteiger partial charge in [0, 0.05) is 25.9 Å². The van der Waals surface area contributed by atoms with Crippen molar-refractivity contribution in [2.75, 3.05) is 7.11 Å². The molecule has 0 aliphatic rings. The Morgan fingerprint density at radius 2 is 2.29 bits per heavy atom.